The summed E-state index contributed by atoms with van der Waals surface area (Å²) in [4.78, 5) is 12.1. The van der Waals surface area contributed by atoms with Crippen LogP contribution in [0.15, 0.2) is 24.3 Å². The van der Waals surface area contributed by atoms with E-state index in [9.17, 15) is 14.3 Å². The average Bonchev–Trinajstić information content (AvgIpc) is 2.65. The van der Waals surface area contributed by atoms with Gasteiger partial charge in [-0.05, 0) is 73.5 Å². The monoisotopic (exact) mass is 416 g/mol. The summed E-state index contributed by atoms with van der Waals surface area (Å²) in [6.07, 6.45) is 14.1. The lowest BCUT2D eigenvalue weighted by atomic mass is 9.71. The second-order valence-corrected chi connectivity index (χ2v) is 10.9. The van der Waals surface area contributed by atoms with E-state index >= 15 is 0 Å². The van der Waals surface area contributed by atoms with Crippen LogP contribution >= 0.6 is 0 Å². The van der Waals surface area contributed by atoms with Crippen LogP contribution in [0.2, 0.25) is 0 Å². The number of aliphatic hydroxyl groups excluding tert-OH is 1. The molecule has 0 aliphatic heterocycles. The smallest absolute Gasteiger partial charge is 0.135 e. The molecule has 0 aromatic heterocycles. The first-order valence-corrected chi connectivity index (χ1v) is 12.3. The molecule has 1 aromatic carbocycles. The van der Waals surface area contributed by atoms with Gasteiger partial charge >= 0.3 is 0 Å². The van der Waals surface area contributed by atoms with E-state index in [2.05, 4.69) is 13.8 Å². The molecule has 0 saturated heterocycles. The molecule has 0 bridgehead atoms. The van der Waals surface area contributed by atoms with E-state index in [0.717, 1.165) is 50.4 Å². The third kappa shape index (κ3) is 7.18. The third-order valence-electron chi connectivity index (χ3n) is 7.73. The largest absolute Gasteiger partial charge is 0.388 e. The van der Waals surface area contributed by atoms with Crippen molar-refractivity contribution in [3.8, 4) is 0 Å². The molecule has 30 heavy (non-hydrogen) atoms. The van der Waals surface area contributed by atoms with Crippen molar-refractivity contribution < 1.29 is 14.3 Å². The second-order valence-electron chi connectivity index (χ2n) is 10.9. The molecule has 2 nitrogen and oxygen atoms in total. The highest BCUT2D eigenvalue weighted by atomic mass is 19.1. The number of Topliss-reactive ketones (excluding diaryl/α,β-unsaturated/α-hetero) is 1. The predicted octanol–water partition coefficient (Wildman–Crippen LogP) is 7.40. The van der Waals surface area contributed by atoms with Crippen molar-refractivity contribution in [3.05, 3.63) is 35.6 Å². The van der Waals surface area contributed by atoms with Gasteiger partial charge in [-0.1, -0.05) is 64.5 Å². The summed E-state index contributed by atoms with van der Waals surface area (Å²) in [6, 6.07) is 6.32. The molecule has 3 rings (SSSR count). The van der Waals surface area contributed by atoms with Gasteiger partial charge in [0.1, 0.15) is 11.6 Å². The van der Waals surface area contributed by atoms with Crippen molar-refractivity contribution in [3.63, 3.8) is 0 Å². The lowest BCUT2D eigenvalue weighted by Gasteiger charge is -2.35. The predicted molar refractivity (Wildman–Crippen MR) is 121 cm³/mol. The van der Waals surface area contributed by atoms with Crippen LogP contribution in [-0.4, -0.2) is 10.9 Å². The Bertz CT molecular complexity index is 671. The first-order chi connectivity index (χ1) is 14.3. The van der Waals surface area contributed by atoms with Crippen LogP contribution in [0.3, 0.4) is 0 Å². The Hall–Kier alpha value is -1.22. The number of carbonyl (C=O) groups excluding carboxylic acids is 1. The van der Waals surface area contributed by atoms with Gasteiger partial charge in [0.2, 0.25) is 0 Å². The number of hydrogen-bond acceptors (Lipinski definition) is 2. The molecule has 0 amide bonds. The summed E-state index contributed by atoms with van der Waals surface area (Å²) >= 11 is 0. The van der Waals surface area contributed by atoms with E-state index in [1.165, 1.54) is 50.7 Å². The number of hydrogen-bond donors (Lipinski definition) is 1. The zero-order valence-electron chi connectivity index (χ0n) is 19.0. The highest BCUT2D eigenvalue weighted by Crippen LogP contribution is 2.41. The van der Waals surface area contributed by atoms with Crippen molar-refractivity contribution in [1.29, 1.82) is 0 Å². The zero-order valence-corrected chi connectivity index (χ0v) is 19.0. The molecule has 1 N–H and O–H groups in total. The van der Waals surface area contributed by atoms with Gasteiger partial charge in [0.25, 0.3) is 0 Å². The SMILES string of the molecule is CC(C)(CCC[C@H](O)c1cccc(F)c1)CC1CCC(CCC(=O)C2CCC2)CC1. The van der Waals surface area contributed by atoms with Crippen LogP contribution in [0.1, 0.15) is 109 Å². The molecular formula is C27H41FO2. The van der Waals surface area contributed by atoms with E-state index in [1.807, 2.05) is 0 Å². The van der Waals surface area contributed by atoms with Crippen molar-refractivity contribution in [2.45, 2.75) is 103 Å². The molecule has 2 saturated carbocycles. The first-order valence-electron chi connectivity index (χ1n) is 12.3. The third-order valence-corrected chi connectivity index (χ3v) is 7.73. The van der Waals surface area contributed by atoms with Crippen LogP contribution in [0.5, 0.6) is 0 Å². The number of carbonyl (C=O) groups is 1. The molecule has 0 heterocycles. The normalized spacial score (nSPS) is 23.7. The molecule has 2 fully saturated rings. The van der Waals surface area contributed by atoms with Crippen molar-refractivity contribution >= 4 is 5.78 Å². The number of aliphatic hydroxyl groups is 1. The number of ketones is 1. The standard InChI is InChI=1S/C27H41FO2/c1-27(2,17-5-10-25(29)23-8-4-9-24(28)18-23)19-21-13-11-20(12-14-21)15-16-26(30)22-6-3-7-22/h4,8-9,18,20-22,25,29H,3,5-7,10-17,19H2,1-2H3/t20?,21?,25-/m0/s1. The van der Waals surface area contributed by atoms with Crippen LogP contribution in [0, 0.1) is 29.0 Å². The lowest BCUT2D eigenvalue weighted by Crippen LogP contribution is -2.24. The van der Waals surface area contributed by atoms with E-state index in [0.29, 0.717) is 23.7 Å². The number of halogens is 1. The van der Waals surface area contributed by atoms with E-state index in [-0.39, 0.29) is 11.2 Å². The van der Waals surface area contributed by atoms with Crippen LogP contribution in [-0.2, 0) is 4.79 Å². The number of rotatable bonds is 11. The van der Waals surface area contributed by atoms with Gasteiger partial charge in [-0.15, -0.1) is 0 Å². The fourth-order valence-electron chi connectivity index (χ4n) is 5.54. The molecule has 2 aliphatic rings. The van der Waals surface area contributed by atoms with E-state index < -0.39 is 6.10 Å². The Balaban J connectivity index is 1.32. The first kappa shape index (κ1) is 23.4. The number of benzene rings is 1. The minimum atomic E-state index is -0.574. The molecule has 1 aromatic rings. The van der Waals surface area contributed by atoms with Crippen LogP contribution in [0.25, 0.3) is 0 Å². The average molecular weight is 417 g/mol. The highest BCUT2D eigenvalue weighted by molar-refractivity contribution is 5.81. The van der Waals surface area contributed by atoms with Gasteiger partial charge in [-0.3, -0.25) is 4.79 Å². The fourth-order valence-corrected chi connectivity index (χ4v) is 5.54. The fraction of sp³-hybridized carbons (Fsp3) is 0.741. The molecular weight excluding hydrogens is 375 g/mol. The summed E-state index contributed by atoms with van der Waals surface area (Å²) in [6.45, 7) is 4.70. The van der Waals surface area contributed by atoms with Crippen LogP contribution < -0.4 is 0 Å². The molecule has 0 radical (unpaired) electrons. The minimum Gasteiger partial charge on any atom is -0.388 e. The Morgan fingerprint density at radius 2 is 1.83 bits per heavy atom. The maximum absolute atomic E-state index is 13.3. The summed E-state index contributed by atoms with van der Waals surface area (Å²) in [5.41, 5.74) is 0.959. The Morgan fingerprint density at radius 3 is 2.47 bits per heavy atom. The molecule has 3 heteroatoms. The maximum Gasteiger partial charge on any atom is 0.135 e. The van der Waals surface area contributed by atoms with Gasteiger partial charge in [0.05, 0.1) is 6.10 Å². The van der Waals surface area contributed by atoms with Gasteiger partial charge < -0.3 is 5.11 Å². The zero-order chi connectivity index (χ0) is 21.6. The Morgan fingerprint density at radius 1 is 1.13 bits per heavy atom. The molecule has 2 aliphatic carbocycles. The van der Waals surface area contributed by atoms with Crippen molar-refractivity contribution in [2.75, 3.05) is 0 Å². The Kier molecular flexibility index (Phi) is 8.51. The lowest BCUT2D eigenvalue weighted by molar-refractivity contribution is -0.125. The summed E-state index contributed by atoms with van der Waals surface area (Å²) < 4.78 is 13.3. The van der Waals surface area contributed by atoms with Crippen molar-refractivity contribution in [2.24, 2.45) is 23.2 Å². The topological polar surface area (TPSA) is 37.3 Å². The van der Waals surface area contributed by atoms with E-state index in [1.54, 1.807) is 12.1 Å². The van der Waals surface area contributed by atoms with Crippen molar-refractivity contribution in [1.82, 2.24) is 0 Å². The molecule has 168 valence electrons. The Labute approximate surface area is 182 Å². The minimum absolute atomic E-state index is 0.277. The second kappa shape index (κ2) is 10.9. The molecule has 0 spiro atoms. The highest BCUT2D eigenvalue weighted by Gasteiger charge is 2.29. The summed E-state index contributed by atoms with van der Waals surface area (Å²) in [5, 5.41) is 10.3. The van der Waals surface area contributed by atoms with Gasteiger partial charge in [-0.2, -0.15) is 0 Å². The van der Waals surface area contributed by atoms with E-state index in [4.69, 9.17) is 0 Å². The van der Waals surface area contributed by atoms with Gasteiger partial charge in [0, 0.05) is 12.3 Å². The maximum atomic E-state index is 13.3. The summed E-state index contributed by atoms with van der Waals surface area (Å²) in [7, 11) is 0. The molecule has 1 atom stereocenters. The summed E-state index contributed by atoms with van der Waals surface area (Å²) in [5.74, 6) is 2.21. The van der Waals surface area contributed by atoms with Gasteiger partial charge in [-0.25, -0.2) is 4.39 Å². The van der Waals surface area contributed by atoms with Crippen LogP contribution in [0.4, 0.5) is 4.39 Å². The quantitative estimate of drug-likeness (QED) is 0.408. The molecule has 0 unspecified atom stereocenters. The van der Waals surface area contributed by atoms with Gasteiger partial charge in [0.15, 0.2) is 0 Å².